The molecule has 0 fully saturated rings. The van der Waals surface area contributed by atoms with Crippen molar-refractivity contribution < 1.29 is 9.53 Å². The number of ether oxygens (including phenoxy) is 1. The first kappa shape index (κ1) is 16.4. The highest BCUT2D eigenvalue weighted by Gasteiger charge is 2.02. The van der Waals surface area contributed by atoms with E-state index < -0.39 is 0 Å². The Labute approximate surface area is 136 Å². The number of carbonyl (C=O) groups excluding carboxylic acids is 1. The van der Waals surface area contributed by atoms with Gasteiger partial charge in [0.15, 0.2) is 6.61 Å². The Bertz CT molecular complexity index is 593. The molecule has 0 bridgehead atoms. The van der Waals surface area contributed by atoms with Crippen LogP contribution >= 0.6 is 11.6 Å². The second-order valence-electron chi connectivity index (χ2n) is 5.18. The lowest BCUT2D eigenvalue weighted by Crippen LogP contribution is -2.29. The highest BCUT2D eigenvalue weighted by atomic mass is 35.5. The van der Waals surface area contributed by atoms with Crippen LogP contribution in [0.15, 0.2) is 48.5 Å². The van der Waals surface area contributed by atoms with E-state index in [1.807, 2.05) is 0 Å². The monoisotopic (exact) mass is 317 g/mol. The molecule has 1 N–H and O–H groups in total. The lowest BCUT2D eigenvalue weighted by Gasteiger charge is -2.08. The molecule has 0 saturated carbocycles. The molecule has 0 atom stereocenters. The molecule has 4 heteroatoms. The third-order valence-corrected chi connectivity index (χ3v) is 3.52. The summed E-state index contributed by atoms with van der Waals surface area (Å²) in [6.45, 7) is 2.74. The molecule has 0 aromatic heterocycles. The van der Waals surface area contributed by atoms with E-state index >= 15 is 0 Å². The van der Waals surface area contributed by atoms with Gasteiger partial charge in [0, 0.05) is 11.6 Å². The molecule has 2 rings (SSSR count). The maximum absolute atomic E-state index is 11.7. The number of carbonyl (C=O) groups is 1. The van der Waals surface area contributed by atoms with Gasteiger partial charge >= 0.3 is 0 Å². The van der Waals surface area contributed by atoms with Gasteiger partial charge in [0.25, 0.3) is 5.91 Å². The van der Waals surface area contributed by atoms with Crippen LogP contribution in [0.5, 0.6) is 5.75 Å². The van der Waals surface area contributed by atoms with Crippen molar-refractivity contribution in [2.75, 3.05) is 13.2 Å². The molecule has 0 aliphatic heterocycles. The van der Waals surface area contributed by atoms with Gasteiger partial charge < -0.3 is 10.1 Å². The van der Waals surface area contributed by atoms with E-state index in [0.29, 0.717) is 17.3 Å². The SMILES string of the molecule is Cc1ccc(CCCNC(=O)COc2ccc(Cl)cc2)cc1. The minimum atomic E-state index is -0.112. The predicted octanol–water partition coefficient (Wildman–Crippen LogP) is 3.78. The van der Waals surface area contributed by atoms with Crippen molar-refractivity contribution in [3.05, 3.63) is 64.7 Å². The van der Waals surface area contributed by atoms with Gasteiger partial charge in [0.2, 0.25) is 0 Å². The van der Waals surface area contributed by atoms with Crippen LogP contribution in [-0.2, 0) is 11.2 Å². The van der Waals surface area contributed by atoms with Crippen molar-refractivity contribution in [2.24, 2.45) is 0 Å². The number of halogens is 1. The van der Waals surface area contributed by atoms with Crippen LogP contribution < -0.4 is 10.1 Å². The summed E-state index contributed by atoms with van der Waals surface area (Å²) in [6, 6.07) is 15.4. The summed E-state index contributed by atoms with van der Waals surface area (Å²) >= 11 is 5.78. The molecule has 2 aromatic carbocycles. The normalized spacial score (nSPS) is 10.3. The molecular weight excluding hydrogens is 298 g/mol. The zero-order chi connectivity index (χ0) is 15.8. The smallest absolute Gasteiger partial charge is 0.257 e. The molecule has 0 spiro atoms. The summed E-state index contributed by atoms with van der Waals surface area (Å²) in [6.07, 6.45) is 1.87. The minimum Gasteiger partial charge on any atom is -0.484 e. The molecule has 116 valence electrons. The van der Waals surface area contributed by atoms with Crippen LogP contribution in [0.2, 0.25) is 5.02 Å². The second-order valence-corrected chi connectivity index (χ2v) is 5.62. The van der Waals surface area contributed by atoms with Gasteiger partial charge in [-0.1, -0.05) is 41.4 Å². The topological polar surface area (TPSA) is 38.3 Å². The Balaban J connectivity index is 1.61. The first-order valence-electron chi connectivity index (χ1n) is 7.34. The van der Waals surface area contributed by atoms with Gasteiger partial charge in [0.05, 0.1) is 0 Å². The van der Waals surface area contributed by atoms with Crippen molar-refractivity contribution >= 4 is 17.5 Å². The lowest BCUT2D eigenvalue weighted by atomic mass is 10.1. The van der Waals surface area contributed by atoms with Crippen LogP contribution in [0.3, 0.4) is 0 Å². The van der Waals surface area contributed by atoms with E-state index in [1.165, 1.54) is 11.1 Å². The van der Waals surface area contributed by atoms with Crippen LogP contribution in [-0.4, -0.2) is 19.1 Å². The Morgan fingerprint density at radius 2 is 1.77 bits per heavy atom. The van der Waals surface area contributed by atoms with E-state index in [0.717, 1.165) is 12.8 Å². The zero-order valence-electron chi connectivity index (χ0n) is 12.6. The zero-order valence-corrected chi connectivity index (χ0v) is 13.4. The molecular formula is C18H20ClNO2. The third-order valence-electron chi connectivity index (χ3n) is 3.27. The average Bonchev–Trinajstić information content (AvgIpc) is 2.53. The summed E-state index contributed by atoms with van der Waals surface area (Å²) in [4.78, 5) is 11.7. The highest BCUT2D eigenvalue weighted by molar-refractivity contribution is 6.30. The predicted molar refractivity (Wildman–Crippen MR) is 89.5 cm³/mol. The van der Waals surface area contributed by atoms with E-state index in [2.05, 4.69) is 36.5 Å². The molecule has 0 aliphatic rings. The van der Waals surface area contributed by atoms with Gasteiger partial charge in [-0.15, -0.1) is 0 Å². The number of hydrogen-bond acceptors (Lipinski definition) is 2. The number of hydrogen-bond donors (Lipinski definition) is 1. The van der Waals surface area contributed by atoms with Gasteiger partial charge in [-0.3, -0.25) is 4.79 Å². The molecule has 3 nitrogen and oxygen atoms in total. The largest absolute Gasteiger partial charge is 0.484 e. The first-order chi connectivity index (χ1) is 10.6. The standard InChI is InChI=1S/C18H20ClNO2/c1-14-4-6-15(7-5-14)3-2-12-20-18(21)13-22-17-10-8-16(19)9-11-17/h4-11H,2-3,12-13H2,1H3,(H,20,21). The van der Waals surface area contributed by atoms with Gasteiger partial charge in [-0.2, -0.15) is 0 Å². The highest BCUT2D eigenvalue weighted by Crippen LogP contribution is 2.15. The Hall–Kier alpha value is -2.00. The maximum Gasteiger partial charge on any atom is 0.257 e. The summed E-state index contributed by atoms with van der Waals surface area (Å²) < 4.78 is 5.38. The molecule has 0 aliphatic carbocycles. The van der Waals surface area contributed by atoms with E-state index in [1.54, 1.807) is 24.3 Å². The van der Waals surface area contributed by atoms with E-state index in [4.69, 9.17) is 16.3 Å². The van der Waals surface area contributed by atoms with Crippen molar-refractivity contribution in [1.82, 2.24) is 5.32 Å². The molecule has 0 radical (unpaired) electrons. The van der Waals surface area contributed by atoms with Crippen LogP contribution in [0.4, 0.5) is 0 Å². The number of nitrogens with one attached hydrogen (secondary N) is 1. The number of aryl methyl sites for hydroxylation is 2. The van der Waals surface area contributed by atoms with Crippen LogP contribution in [0, 0.1) is 6.92 Å². The fraction of sp³-hybridized carbons (Fsp3) is 0.278. The first-order valence-corrected chi connectivity index (χ1v) is 7.72. The molecule has 0 heterocycles. The van der Waals surface area contributed by atoms with Crippen molar-refractivity contribution in [3.8, 4) is 5.75 Å². The molecule has 22 heavy (non-hydrogen) atoms. The summed E-state index contributed by atoms with van der Waals surface area (Å²) in [7, 11) is 0. The summed E-state index contributed by atoms with van der Waals surface area (Å²) in [5, 5.41) is 3.50. The number of rotatable bonds is 7. The van der Waals surface area contributed by atoms with Gasteiger partial charge in [-0.05, 0) is 49.6 Å². The van der Waals surface area contributed by atoms with Crippen molar-refractivity contribution in [1.29, 1.82) is 0 Å². The molecule has 2 aromatic rings. The molecule has 0 saturated heterocycles. The van der Waals surface area contributed by atoms with Gasteiger partial charge in [-0.25, -0.2) is 0 Å². The van der Waals surface area contributed by atoms with Crippen molar-refractivity contribution in [3.63, 3.8) is 0 Å². The molecule has 0 unspecified atom stereocenters. The van der Waals surface area contributed by atoms with E-state index in [9.17, 15) is 4.79 Å². The second kappa shape index (κ2) is 8.44. The number of amides is 1. The van der Waals surface area contributed by atoms with Crippen LogP contribution in [0.25, 0.3) is 0 Å². The fourth-order valence-electron chi connectivity index (χ4n) is 2.01. The Morgan fingerprint density at radius 1 is 1.09 bits per heavy atom. The van der Waals surface area contributed by atoms with E-state index in [-0.39, 0.29) is 12.5 Å². The minimum absolute atomic E-state index is 0.0200. The summed E-state index contributed by atoms with van der Waals surface area (Å²) in [5.41, 5.74) is 2.55. The Kier molecular flexibility index (Phi) is 6.28. The van der Waals surface area contributed by atoms with Crippen LogP contribution in [0.1, 0.15) is 17.5 Å². The summed E-state index contributed by atoms with van der Waals surface area (Å²) in [5.74, 6) is 0.526. The van der Waals surface area contributed by atoms with Crippen molar-refractivity contribution in [2.45, 2.75) is 19.8 Å². The quantitative estimate of drug-likeness (QED) is 0.789. The maximum atomic E-state index is 11.7. The third kappa shape index (κ3) is 5.78. The Morgan fingerprint density at radius 3 is 2.45 bits per heavy atom. The fourth-order valence-corrected chi connectivity index (χ4v) is 2.13. The lowest BCUT2D eigenvalue weighted by molar-refractivity contribution is -0.123. The average molecular weight is 318 g/mol. The van der Waals surface area contributed by atoms with Gasteiger partial charge in [0.1, 0.15) is 5.75 Å². The molecule has 1 amide bonds. The number of benzene rings is 2.